The van der Waals surface area contributed by atoms with Crippen LogP contribution in [0.3, 0.4) is 0 Å². The van der Waals surface area contributed by atoms with Crippen molar-refractivity contribution in [3.05, 3.63) is 29.8 Å². The molecule has 0 aliphatic carbocycles. The van der Waals surface area contributed by atoms with Crippen molar-refractivity contribution in [1.82, 2.24) is 4.90 Å². The van der Waals surface area contributed by atoms with Crippen LogP contribution < -0.4 is 10.5 Å². The Hall–Kier alpha value is -1.06. The molecule has 0 fully saturated rings. The van der Waals surface area contributed by atoms with E-state index in [1.54, 1.807) is 0 Å². The van der Waals surface area contributed by atoms with Gasteiger partial charge in [-0.1, -0.05) is 18.2 Å². The highest BCUT2D eigenvalue weighted by molar-refractivity contribution is 5.33. The number of ether oxygens (including phenoxy) is 1. The van der Waals surface area contributed by atoms with Crippen molar-refractivity contribution >= 4 is 0 Å². The van der Waals surface area contributed by atoms with Crippen molar-refractivity contribution in [2.45, 2.75) is 25.8 Å². The summed E-state index contributed by atoms with van der Waals surface area (Å²) in [5.41, 5.74) is 7.03. The highest BCUT2D eigenvalue weighted by atomic mass is 16.5. The number of nitrogens with two attached hydrogens (primary N) is 1. The average molecular weight is 236 g/mol. The Kier molecular flexibility index (Phi) is 6.01. The highest BCUT2D eigenvalue weighted by Crippen LogP contribution is 2.19. The molecule has 0 saturated heterocycles. The van der Waals surface area contributed by atoms with Crippen molar-refractivity contribution in [3.8, 4) is 5.75 Å². The second-order valence-corrected chi connectivity index (χ2v) is 4.79. The molecule has 3 heteroatoms. The van der Waals surface area contributed by atoms with Crippen molar-refractivity contribution in [2.24, 2.45) is 5.73 Å². The first-order valence-corrected chi connectivity index (χ1v) is 6.20. The molecule has 96 valence electrons. The third-order valence-electron chi connectivity index (χ3n) is 2.52. The number of nitrogens with zero attached hydrogens (tertiary/aromatic N) is 1. The number of para-hydroxylation sites is 1. The summed E-state index contributed by atoms with van der Waals surface area (Å²) in [4.78, 5) is 2.16. The number of hydrogen-bond donors (Lipinski definition) is 1. The van der Waals surface area contributed by atoms with Gasteiger partial charge in [0, 0.05) is 12.6 Å². The van der Waals surface area contributed by atoms with Crippen LogP contribution in [0.15, 0.2) is 24.3 Å². The molecule has 1 atom stereocenters. The lowest BCUT2D eigenvalue weighted by molar-refractivity contribution is 0.279. The first-order valence-electron chi connectivity index (χ1n) is 6.20. The van der Waals surface area contributed by atoms with E-state index < -0.39 is 0 Å². The molecule has 17 heavy (non-hydrogen) atoms. The molecular weight excluding hydrogens is 212 g/mol. The average Bonchev–Trinajstić information content (AvgIpc) is 2.25. The molecule has 0 radical (unpaired) electrons. The molecule has 1 aromatic rings. The van der Waals surface area contributed by atoms with E-state index in [0.717, 1.165) is 31.7 Å². The molecule has 3 nitrogen and oxygen atoms in total. The van der Waals surface area contributed by atoms with Crippen molar-refractivity contribution in [1.29, 1.82) is 0 Å². The fraction of sp³-hybridized carbons (Fsp3) is 0.571. The van der Waals surface area contributed by atoms with Crippen LogP contribution in [-0.4, -0.2) is 38.2 Å². The van der Waals surface area contributed by atoms with E-state index in [1.165, 1.54) is 5.56 Å². The van der Waals surface area contributed by atoms with Crippen LogP contribution in [-0.2, 0) is 6.42 Å². The van der Waals surface area contributed by atoms with Crippen LogP contribution in [0.25, 0.3) is 0 Å². The molecule has 0 heterocycles. The highest BCUT2D eigenvalue weighted by Gasteiger charge is 2.05. The summed E-state index contributed by atoms with van der Waals surface area (Å²) >= 11 is 0. The van der Waals surface area contributed by atoms with Crippen LogP contribution in [0.5, 0.6) is 5.75 Å². The minimum absolute atomic E-state index is 0.168. The first kappa shape index (κ1) is 14.0. The molecule has 0 aliphatic rings. The summed E-state index contributed by atoms with van der Waals surface area (Å²) in [6.45, 7) is 3.83. The summed E-state index contributed by atoms with van der Waals surface area (Å²) < 4.78 is 5.81. The maximum Gasteiger partial charge on any atom is 0.122 e. The van der Waals surface area contributed by atoms with Crippen molar-refractivity contribution in [3.63, 3.8) is 0 Å². The van der Waals surface area contributed by atoms with Crippen LogP contribution >= 0.6 is 0 Å². The largest absolute Gasteiger partial charge is 0.493 e. The van der Waals surface area contributed by atoms with Gasteiger partial charge >= 0.3 is 0 Å². The summed E-state index contributed by atoms with van der Waals surface area (Å²) in [5, 5.41) is 0. The SMILES string of the molecule is CC(N)Cc1ccccc1OCCCN(C)C. The molecular formula is C14H24N2O. The fourth-order valence-electron chi connectivity index (χ4n) is 1.72. The lowest BCUT2D eigenvalue weighted by Gasteiger charge is -2.14. The van der Waals surface area contributed by atoms with Gasteiger partial charge in [-0.05, 0) is 45.5 Å². The second kappa shape index (κ2) is 7.30. The van der Waals surface area contributed by atoms with Gasteiger partial charge in [0.05, 0.1) is 6.61 Å². The van der Waals surface area contributed by atoms with Gasteiger partial charge in [-0.15, -0.1) is 0 Å². The van der Waals surface area contributed by atoms with Crippen LogP contribution in [0.1, 0.15) is 18.9 Å². The normalized spacial score (nSPS) is 12.8. The summed E-state index contributed by atoms with van der Waals surface area (Å²) in [6.07, 6.45) is 1.91. The van der Waals surface area contributed by atoms with E-state index in [0.29, 0.717) is 0 Å². The second-order valence-electron chi connectivity index (χ2n) is 4.79. The third-order valence-corrected chi connectivity index (χ3v) is 2.52. The molecule has 0 aliphatic heterocycles. The van der Waals surface area contributed by atoms with Gasteiger partial charge in [0.15, 0.2) is 0 Å². The number of hydrogen-bond acceptors (Lipinski definition) is 3. The summed E-state index contributed by atoms with van der Waals surface area (Å²) in [7, 11) is 4.15. The molecule has 0 bridgehead atoms. The van der Waals surface area contributed by atoms with Crippen LogP contribution in [0.2, 0.25) is 0 Å². The maximum atomic E-state index is 5.83. The lowest BCUT2D eigenvalue weighted by atomic mass is 10.1. The fourth-order valence-corrected chi connectivity index (χ4v) is 1.72. The zero-order chi connectivity index (χ0) is 12.7. The Morgan fingerprint density at radius 2 is 2.00 bits per heavy atom. The van der Waals surface area contributed by atoms with Gasteiger partial charge in [-0.25, -0.2) is 0 Å². The Balaban J connectivity index is 2.46. The molecule has 0 spiro atoms. The Bertz CT molecular complexity index is 324. The zero-order valence-electron chi connectivity index (χ0n) is 11.1. The molecule has 0 amide bonds. The van der Waals surface area contributed by atoms with Gasteiger partial charge in [0.2, 0.25) is 0 Å². The van der Waals surface area contributed by atoms with Gasteiger partial charge in [0.1, 0.15) is 5.75 Å². The van der Waals surface area contributed by atoms with E-state index >= 15 is 0 Å². The quantitative estimate of drug-likeness (QED) is 0.735. The van der Waals surface area contributed by atoms with Gasteiger partial charge < -0.3 is 15.4 Å². The summed E-state index contributed by atoms with van der Waals surface area (Å²) in [5.74, 6) is 0.976. The summed E-state index contributed by atoms with van der Waals surface area (Å²) in [6, 6.07) is 8.32. The van der Waals surface area contributed by atoms with Crippen molar-refractivity contribution in [2.75, 3.05) is 27.2 Å². The Morgan fingerprint density at radius 3 is 2.65 bits per heavy atom. The molecule has 1 rings (SSSR count). The maximum absolute atomic E-state index is 5.83. The smallest absolute Gasteiger partial charge is 0.122 e. The van der Waals surface area contributed by atoms with E-state index in [4.69, 9.17) is 10.5 Å². The number of benzene rings is 1. The van der Waals surface area contributed by atoms with Gasteiger partial charge in [-0.2, -0.15) is 0 Å². The predicted molar refractivity (Wildman–Crippen MR) is 72.5 cm³/mol. The predicted octanol–water partition coefficient (Wildman–Crippen LogP) is 1.91. The van der Waals surface area contributed by atoms with Crippen molar-refractivity contribution < 1.29 is 4.74 Å². The van der Waals surface area contributed by atoms with Crippen LogP contribution in [0, 0.1) is 0 Å². The van der Waals surface area contributed by atoms with E-state index in [9.17, 15) is 0 Å². The topological polar surface area (TPSA) is 38.5 Å². The minimum atomic E-state index is 0.168. The molecule has 1 aromatic carbocycles. The van der Waals surface area contributed by atoms with E-state index in [2.05, 4.69) is 25.1 Å². The van der Waals surface area contributed by atoms with E-state index in [1.807, 2.05) is 25.1 Å². The molecule has 2 N–H and O–H groups in total. The monoisotopic (exact) mass is 236 g/mol. The first-order chi connectivity index (χ1) is 8.09. The standard InChI is InChI=1S/C14H24N2O/c1-12(15)11-13-7-4-5-8-14(13)17-10-6-9-16(2)3/h4-5,7-8,12H,6,9-11,15H2,1-3H3. The Labute approximate surface area is 105 Å². The molecule has 0 saturated carbocycles. The third kappa shape index (κ3) is 5.71. The van der Waals surface area contributed by atoms with Crippen LogP contribution in [0.4, 0.5) is 0 Å². The Morgan fingerprint density at radius 1 is 1.29 bits per heavy atom. The van der Waals surface area contributed by atoms with Gasteiger partial charge in [0.25, 0.3) is 0 Å². The van der Waals surface area contributed by atoms with Gasteiger partial charge in [-0.3, -0.25) is 0 Å². The zero-order valence-corrected chi connectivity index (χ0v) is 11.1. The molecule has 0 aromatic heterocycles. The lowest BCUT2D eigenvalue weighted by Crippen LogP contribution is -2.19. The molecule has 1 unspecified atom stereocenters. The van der Waals surface area contributed by atoms with E-state index in [-0.39, 0.29) is 6.04 Å². The number of rotatable bonds is 7. The minimum Gasteiger partial charge on any atom is -0.493 e.